The highest BCUT2D eigenvalue weighted by Crippen LogP contribution is 2.15. The van der Waals surface area contributed by atoms with Crippen molar-refractivity contribution in [1.29, 1.82) is 0 Å². The number of hydrogen-bond acceptors (Lipinski definition) is 3. The maximum atomic E-state index is 13.2. The van der Waals surface area contributed by atoms with Crippen LogP contribution >= 0.6 is 15.9 Å². The second-order valence-corrected chi connectivity index (χ2v) is 5.44. The zero-order valence-corrected chi connectivity index (χ0v) is 13.3. The number of halogens is 2. The van der Waals surface area contributed by atoms with Crippen LogP contribution in [0.4, 0.5) is 4.39 Å². The molecule has 0 aliphatic heterocycles. The Labute approximate surface area is 131 Å². The molecule has 0 unspecified atom stereocenters. The molecule has 1 aromatic heterocycles. The fourth-order valence-corrected chi connectivity index (χ4v) is 2.32. The molecule has 0 aliphatic rings. The minimum Gasteiger partial charge on any atom is -0.466 e. The van der Waals surface area contributed by atoms with E-state index in [4.69, 9.17) is 4.74 Å². The highest BCUT2D eigenvalue weighted by molar-refractivity contribution is 9.10. The van der Waals surface area contributed by atoms with Crippen molar-refractivity contribution >= 4 is 21.9 Å². The van der Waals surface area contributed by atoms with Gasteiger partial charge in [0.05, 0.1) is 17.6 Å². The Hall–Kier alpha value is -1.69. The number of carbonyl (C=O) groups excluding carboxylic acids is 1. The van der Waals surface area contributed by atoms with E-state index in [0.717, 1.165) is 11.1 Å². The third-order valence-electron chi connectivity index (χ3n) is 2.93. The van der Waals surface area contributed by atoms with Gasteiger partial charge in [0.25, 0.3) is 0 Å². The molecule has 2 aromatic rings. The third-order valence-corrected chi connectivity index (χ3v) is 3.47. The van der Waals surface area contributed by atoms with E-state index in [1.807, 2.05) is 24.3 Å². The lowest BCUT2D eigenvalue weighted by Gasteiger charge is -2.06. The number of hydrogen-bond donors (Lipinski definition) is 0. The number of esters is 1. The standard InChI is InChI=1S/C15H16BrFN2O2/c1-2-21-14(20)7-6-11-4-3-5-12(8-11)9-19-10-13(16)15(17)18-19/h3-5,8,10H,2,6-7,9H2,1H3. The van der Waals surface area contributed by atoms with Crippen LogP contribution < -0.4 is 0 Å². The summed E-state index contributed by atoms with van der Waals surface area (Å²) >= 11 is 3.09. The Kier molecular flexibility index (Phi) is 5.50. The minimum atomic E-state index is -0.520. The van der Waals surface area contributed by atoms with Gasteiger partial charge in [-0.05, 0) is 40.4 Å². The molecule has 0 amide bonds. The second kappa shape index (κ2) is 7.36. The smallest absolute Gasteiger partial charge is 0.306 e. The molecule has 6 heteroatoms. The topological polar surface area (TPSA) is 44.1 Å². The van der Waals surface area contributed by atoms with Gasteiger partial charge in [0.15, 0.2) is 0 Å². The maximum Gasteiger partial charge on any atom is 0.306 e. The molecule has 112 valence electrons. The van der Waals surface area contributed by atoms with E-state index in [0.29, 0.717) is 30.5 Å². The highest BCUT2D eigenvalue weighted by Gasteiger charge is 2.07. The fourth-order valence-electron chi connectivity index (χ4n) is 2.00. The van der Waals surface area contributed by atoms with Crippen LogP contribution in [0.15, 0.2) is 34.9 Å². The maximum absolute atomic E-state index is 13.2. The van der Waals surface area contributed by atoms with Gasteiger partial charge in [-0.2, -0.15) is 4.39 Å². The number of nitrogens with zero attached hydrogens (tertiary/aromatic N) is 2. The average molecular weight is 355 g/mol. The summed E-state index contributed by atoms with van der Waals surface area (Å²) in [5, 5.41) is 3.76. The van der Waals surface area contributed by atoms with Crippen molar-refractivity contribution in [2.75, 3.05) is 6.61 Å². The minimum absolute atomic E-state index is 0.194. The summed E-state index contributed by atoms with van der Waals surface area (Å²) in [5.41, 5.74) is 2.05. The van der Waals surface area contributed by atoms with E-state index < -0.39 is 5.95 Å². The summed E-state index contributed by atoms with van der Waals surface area (Å²) in [6, 6.07) is 7.82. The molecule has 21 heavy (non-hydrogen) atoms. The lowest BCUT2D eigenvalue weighted by atomic mass is 10.1. The molecule has 0 N–H and O–H groups in total. The van der Waals surface area contributed by atoms with Crippen LogP contribution in [-0.2, 0) is 22.5 Å². The Morgan fingerprint density at radius 2 is 2.19 bits per heavy atom. The van der Waals surface area contributed by atoms with E-state index >= 15 is 0 Å². The van der Waals surface area contributed by atoms with Gasteiger partial charge in [0.2, 0.25) is 5.95 Å². The van der Waals surface area contributed by atoms with Gasteiger partial charge in [-0.3, -0.25) is 9.48 Å². The van der Waals surface area contributed by atoms with Crippen molar-refractivity contribution < 1.29 is 13.9 Å². The SMILES string of the molecule is CCOC(=O)CCc1cccc(Cn2cc(Br)c(F)n2)c1. The predicted octanol–water partition coefficient (Wildman–Crippen LogP) is 3.33. The molecular formula is C15H16BrFN2O2. The Balaban J connectivity index is 1.98. The van der Waals surface area contributed by atoms with Crippen LogP contribution in [0, 0.1) is 5.95 Å². The van der Waals surface area contributed by atoms with Crippen molar-refractivity contribution in [3.8, 4) is 0 Å². The fraction of sp³-hybridized carbons (Fsp3) is 0.333. The summed E-state index contributed by atoms with van der Waals surface area (Å²) in [6.07, 6.45) is 2.59. The lowest BCUT2D eigenvalue weighted by molar-refractivity contribution is -0.143. The summed E-state index contributed by atoms with van der Waals surface area (Å²) in [7, 11) is 0. The van der Waals surface area contributed by atoms with Gasteiger partial charge < -0.3 is 4.74 Å². The number of benzene rings is 1. The molecule has 0 spiro atoms. The molecule has 4 nitrogen and oxygen atoms in total. The second-order valence-electron chi connectivity index (χ2n) is 4.59. The molecule has 0 bridgehead atoms. The van der Waals surface area contributed by atoms with Crippen molar-refractivity contribution in [1.82, 2.24) is 9.78 Å². The van der Waals surface area contributed by atoms with Gasteiger partial charge in [0, 0.05) is 12.6 Å². The summed E-state index contributed by atoms with van der Waals surface area (Å²) in [5.74, 6) is -0.713. The first-order valence-corrected chi connectivity index (χ1v) is 7.49. The zero-order chi connectivity index (χ0) is 15.2. The van der Waals surface area contributed by atoms with E-state index in [1.165, 1.54) is 4.68 Å². The normalized spacial score (nSPS) is 10.6. The first kappa shape index (κ1) is 15.7. The van der Waals surface area contributed by atoms with Gasteiger partial charge in [-0.15, -0.1) is 5.10 Å². The molecule has 2 rings (SSSR count). The molecule has 0 aliphatic carbocycles. The highest BCUT2D eigenvalue weighted by atomic mass is 79.9. The van der Waals surface area contributed by atoms with Crippen molar-refractivity contribution in [3.05, 3.63) is 52.0 Å². The van der Waals surface area contributed by atoms with Gasteiger partial charge in [-0.25, -0.2) is 0 Å². The van der Waals surface area contributed by atoms with Crippen LogP contribution in [0.25, 0.3) is 0 Å². The van der Waals surface area contributed by atoms with Crippen LogP contribution in [-0.4, -0.2) is 22.4 Å². The number of rotatable bonds is 6. The Bertz CT molecular complexity index is 608. The number of aromatic nitrogens is 2. The molecule has 1 heterocycles. The third kappa shape index (κ3) is 4.67. The first-order valence-electron chi connectivity index (χ1n) is 6.70. The van der Waals surface area contributed by atoms with Crippen molar-refractivity contribution in [2.24, 2.45) is 0 Å². The zero-order valence-electron chi connectivity index (χ0n) is 11.7. The molecule has 0 saturated heterocycles. The predicted molar refractivity (Wildman–Crippen MR) is 80.4 cm³/mol. The van der Waals surface area contributed by atoms with Gasteiger partial charge >= 0.3 is 5.97 Å². The van der Waals surface area contributed by atoms with E-state index in [2.05, 4.69) is 21.0 Å². The monoisotopic (exact) mass is 354 g/mol. The summed E-state index contributed by atoms with van der Waals surface area (Å²) < 4.78 is 20.0. The van der Waals surface area contributed by atoms with Crippen LogP contribution in [0.1, 0.15) is 24.5 Å². The Morgan fingerprint density at radius 3 is 2.86 bits per heavy atom. The van der Waals surface area contributed by atoms with E-state index in [9.17, 15) is 9.18 Å². The first-order chi connectivity index (χ1) is 10.1. The van der Waals surface area contributed by atoms with Crippen molar-refractivity contribution in [2.45, 2.75) is 26.3 Å². The van der Waals surface area contributed by atoms with Crippen molar-refractivity contribution in [3.63, 3.8) is 0 Å². The van der Waals surface area contributed by atoms with Gasteiger partial charge in [0.1, 0.15) is 0 Å². The Morgan fingerprint density at radius 1 is 1.43 bits per heavy atom. The summed E-state index contributed by atoms with van der Waals surface area (Å²) in [4.78, 5) is 11.3. The quantitative estimate of drug-likeness (QED) is 0.747. The molecule has 0 saturated carbocycles. The molecule has 1 aromatic carbocycles. The largest absolute Gasteiger partial charge is 0.466 e. The van der Waals surface area contributed by atoms with E-state index in [-0.39, 0.29) is 5.97 Å². The van der Waals surface area contributed by atoms with Crippen LogP contribution in [0.5, 0.6) is 0 Å². The molecule has 0 radical (unpaired) electrons. The van der Waals surface area contributed by atoms with Crippen LogP contribution in [0.3, 0.4) is 0 Å². The van der Waals surface area contributed by atoms with Crippen LogP contribution in [0.2, 0.25) is 0 Å². The van der Waals surface area contributed by atoms with Gasteiger partial charge in [-0.1, -0.05) is 24.3 Å². The lowest BCUT2D eigenvalue weighted by Crippen LogP contribution is -2.06. The van der Waals surface area contributed by atoms with E-state index in [1.54, 1.807) is 13.1 Å². The molecular weight excluding hydrogens is 339 g/mol. The average Bonchev–Trinajstić information content (AvgIpc) is 2.76. The molecule has 0 fully saturated rings. The summed E-state index contributed by atoms with van der Waals surface area (Å²) in [6.45, 7) is 2.67. The molecule has 0 atom stereocenters. The number of ether oxygens (including phenoxy) is 1. The number of aryl methyl sites for hydroxylation is 1. The number of carbonyl (C=O) groups is 1.